The molecule has 3 rings (SSSR count). The lowest BCUT2D eigenvalue weighted by Gasteiger charge is -2.22. The number of aromatic nitrogens is 1. The summed E-state index contributed by atoms with van der Waals surface area (Å²) in [6, 6.07) is 11.4. The molecule has 0 atom stereocenters. The van der Waals surface area contributed by atoms with Crippen LogP contribution in [-0.2, 0) is 4.79 Å². The van der Waals surface area contributed by atoms with Gasteiger partial charge in [-0.05, 0) is 61.7 Å². The number of ether oxygens (including phenoxy) is 1. The fourth-order valence-corrected chi connectivity index (χ4v) is 4.10. The molecule has 6 heteroatoms. The Bertz CT molecular complexity index is 1110. The molecule has 1 aromatic heterocycles. The number of methoxy groups -OCH3 is 1. The molecule has 0 aliphatic carbocycles. The first-order valence-electron chi connectivity index (χ1n) is 9.51. The molecule has 30 heavy (non-hydrogen) atoms. The van der Waals surface area contributed by atoms with Crippen molar-refractivity contribution in [3.8, 4) is 5.75 Å². The van der Waals surface area contributed by atoms with Crippen LogP contribution in [-0.4, -0.2) is 23.8 Å². The quantitative estimate of drug-likeness (QED) is 0.381. The van der Waals surface area contributed by atoms with Crippen molar-refractivity contribution in [1.29, 1.82) is 0 Å². The second-order valence-corrected chi connectivity index (χ2v) is 7.89. The lowest BCUT2D eigenvalue weighted by atomic mass is 10.1. The fourth-order valence-electron chi connectivity index (χ4n) is 3.25. The van der Waals surface area contributed by atoms with Gasteiger partial charge in [0.1, 0.15) is 5.75 Å². The van der Waals surface area contributed by atoms with Gasteiger partial charge >= 0.3 is 0 Å². The van der Waals surface area contributed by atoms with E-state index < -0.39 is 0 Å². The molecule has 0 N–H and O–H groups in total. The Morgan fingerprint density at radius 1 is 1.10 bits per heavy atom. The third kappa shape index (κ3) is 4.49. The lowest BCUT2D eigenvalue weighted by Crippen LogP contribution is -2.24. The highest BCUT2D eigenvalue weighted by Gasteiger charge is 2.21. The summed E-state index contributed by atoms with van der Waals surface area (Å²) >= 11 is 1.36. The second-order valence-electron chi connectivity index (χ2n) is 7.05. The van der Waals surface area contributed by atoms with Crippen molar-refractivity contribution in [3.63, 3.8) is 0 Å². The first-order chi connectivity index (χ1) is 14.3. The van der Waals surface area contributed by atoms with Crippen LogP contribution in [0.3, 0.4) is 0 Å². The smallest absolute Gasteiger partial charge is 0.230 e. The maximum Gasteiger partial charge on any atom is 0.230 e. The van der Waals surface area contributed by atoms with E-state index in [0.717, 1.165) is 22.4 Å². The highest BCUT2D eigenvalue weighted by atomic mass is 32.1. The first-order valence-corrected chi connectivity index (χ1v) is 10.4. The molecule has 3 aromatic rings. The van der Waals surface area contributed by atoms with Gasteiger partial charge in [-0.1, -0.05) is 24.3 Å². The van der Waals surface area contributed by atoms with E-state index in [0.29, 0.717) is 22.1 Å². The number of nitrogens with zero attached hydrogens (tertiary/aromatic N) is 2. The molecule has 154 valence electrons. The largest absolute Gasteiger partial charge is 0.496 e. The van der Waals surface area contributed by atoms with Crippen LogP contribution < -0.4 is 9.64 Å². The van der Waals surface area contributed by atoms with E-state index in [1.807, 2.05) is 56.5 Å². The Morgan fingerprint density at radius 3 is 2.43 bits per heavy atom. The van der Waals surface area contributed by atoms with E-state index in [2.05, 4.69) is 4.98 Å². The average Bonchev–Trinajstić information content (AvgIpc) is 3.16. The predicted octanol–water partition coefficient (Wildman–Crippen LogP) is 5.66. The number of carbonyl (C=O) groups is 2. The van der Waals surface area contributed by atoms with Gasteiger partial charge < -0.3 is 4.74 Å². The van der Waals surface area contributed by atoms with Crippen LogP contribution >= 0.6 is 11.3 Å². The molecular formula is C24H24N2O3S. The minimum absolute atomic E-state index is 0.113. The zero-order chi connectivity index (χ0) is 21.8. The number of thiazole rings is 1. The number of rotatable bonds is 6. The van der Waals surface area contributed by atoms with E-state index in [9.17, 15) is 9.59 Å². The van der Waals surface area contributed by atoms with Crippen molar-refractivity contribution in [3.05, 3.63) is 75.8 Å². The van der Waals surface area contributed by atoms with E-state index in [4.69, 9.17) is 4.74 Å². The zero-order valence-corrected chi connectivity index (χ0v) is 18.5. The van der Waals surface area contributed by atoms with Gasteiger partial charge in [0.2, 0.25) is 5.91 Å². The molecule has 0 bridgehead atoms. The fraction of sp³-hybridized carbons (Fsp3) is 0.208. The molecule has 2 aromatic carbocycles. The highest BCUT2D eigenvalue weighted by Crippen LogP contribution is 2.34. The van der Waals surface area contributed by atoms with Gasteiger partial charge in [-0.25, -0.2) is 4.98 Å². The monoisotopic (exact) mass is 420 g/mol. The summed E-state index contributed by atoms with van der Waals surface area (Å²) in [5, 5.41) is 2.40. The van der Waals surface area contributed by atoms with Gasteiger partial charge in [-0.15, -0.1) is 11.3 Å². The van der Waals surface area contributed by atoms with E-state index in [1.165, 1.54) is 24.3 Å². The lowest BCUT2D eigenvalue weighted by molar-refractivity contribution is -0.115. The van der Waals surface area contributed by atoms with Crippen LogP contribution in [0.15, 0.2) is 47.9 Å². The normalized spacial score (nSPS) is 11.0. The summed E-state index contributed by atoms with van der Waals surface area (Å²) < 4.78 is 5.32. The van der Waals surface area contributed by atoms with Gasteiger partial charge in [-0.3, -0.25) is 14.5 Å². The number of para-hydroxylation sites is 1. The molecular weight excluding hydrogens is 396 g/mol. The van der Waals surface area contributed by atoms with Crippen LogP contribution in [0.1, 0.15) is 39.7 Å². The molecule has 0 aliphatic rings. The molecule has 0 fully saturated rings. The molecule has 1 heterocycles. The SMILES string of the molecule is COc1cc(C)ccc1C(=O)C=Cc1csc(N(C(C)=O)c2c(C)cccc2C)n1. The van der Waals surface area contributed by atoms with Crippen LogP contribution in [0, 0.1) is 20.8 Å². The molecule has 0 radical (unpaired) electrons. The molecule has 1 amide bonds. The number of amides is 1. The van der Waals surface area contributed by atoms with E-state index in [1.54, 1.807) is 24.2 Å². The molecule has 0 aliphatic heterocycles. The summed E-state index contributed by atoms with van der Waals surface area (Å²) in [6.45, 7) is 7.41. The van der Waals surface area contributed by atoms with Crippen molar-refractivity contribution < 1.29 is 14.3 Å². The van der Waals surface area contributed by atoms with Gasteiger partial charge in [-0.2, -0.15) is 0 Å². The van der Waals surface area contributed by atoms with Crippen molar-refractivity contribution in [2.75, 3.05) is 12.0 Å². The maximum atomic E-state index is 12.6. The Balaban J connectivity index is 1.88. The number of benzene rings is 2. The van der Waals surface area contributed by atoms with Gasteiger partial charge in [0.25, 0.3) is 0 Å². The number of hydrogen-bond acceptors (Lipinski definition) is 5. The minimum atomic E-state index is -0.167. The summed E-state index contributed by atoms with van der Waals surface area (Å²) in [4.78, 5) is 31.2. The van der Waals surface area contributed by atoms with Crippen LogP contribution in [0.2, 0.25) is 0 Å². The Kier molecular flexibility index (Phi) is 6.47. The Hall–Kier alpha value is -3.25. The molecule has 5 nitrogen and oxygen atoms in total. The predicted molar refractivity (Wildman–Crippen MR) is 122 cm³/mol. The van der Waals surface area contributed by atoms with Gasteiger partial charge in [0, 0.05) is 12.3 Å². The third-order valence-corrected chi connectivity index (χ3v) is 5.55. The molecule has 0 saturated heterocycles. The third-order valence-electron chi connectivity index (χ3n) is 4.71. The number of ketones is 1. The Labute approximate surface area is 180 Å². The van der Waals surface area contributed by atoms with Crippen LogP contribution in [0.4, 0.5) is 10.8 Å². The van der Waals surface area contributed by atoms with Gasteiger partial charge in [0.15, 0.2) is 10.9 Å². The zero-order valence-electron chi connectivity index (χ0n) is 17.7. The highest BCUT2D eigenvalue weighted by molar-refractivity contribution is 7.14. The van der Waals surface area contributed by atoms with Crippen molar-refractivity contribution in [2.24, 2.45) is 0 Å². The molecule has 0 spiro atoms. The number of aryl methyl sites for hydroxylation is 3. The number of anilines is 2. The van der Waals surface area contributed by atoms with Crippen molar-refractivity contribution >= 4 is 39.9 Å². The number of hydrogen-bond donors (Lipinski definition) is 0. The Morgan fingerprint density at radius 2 is 1.80 bits per heavy atom. The summed E-state index contributed by atoms with van der Waals surface area (Å²) in [5.41, 5.74) is 4.98. The summed E-state index contributed by atoms with van der Waals surface area (Å²) in [5.74, 6) is 0.263. The topological polar surface area (TPSA) is 59.5 Å². The molecule has 0 saturated carbocycles. The van der Waals surface area contributed by atoms with Crippen LogP contribution in [0.25, 0.3) is 6.08 Å². The number of allylic oxidation sites excluding steroid dienone is 1. The van der Waals surface area contributed by atoms with E-state index >= 15 is 0 Å². The number of carbonyl (C=O) groups excluding carboxylic acids is 2. The van der Waals surface area contributed by atoms with Gasteiger partial charge in [0.05, 0.1) is 24.1 Å². The van der Waals surface area contributed by atoms with Crippen molar-refractivity contribution in [2.45, 2.75) is 27.7 Å². The standard InChI is InChI=1S/C24H24N2O3S/c1-15-9-11-20(22(13-15)29-5)21(28)12-10-19-14-30-24(25-19)26(18(4)27)23-16(2)7-6-8-17(23)3/h6-14H,1-5H3. The summed E-state index contributed by atoms with van der Waals surface area (Å²) in [6.07, 6.45) is 3.13. The van der Waals surface area contributed by atoms with Crippen molar-refractivity contribution in [1.82, 2.24) is 4.98 Å². The molecule has 0 unspecified atom stereocenters. The average molecular weight is 421 g/mol. The minimum Gasteiger partial charge on any atom is -0.496 e. The van der Waals surface area contributed by atoms with Crippen LogP contribution in [0.5, 0.6) is 5.75 Å². The second kappa shape index (κ2) is 9.05. The van der Waals surface area contributed by atoms with E-state index in [-0.39, 0.29) is 11.7 Å². The maximum absolute atomic E-state index is 12.6. The summed E-state index contributed by atoms with van der Waals surface area (Å²) in [7, 11) is 1.55. The first kappa shape index (κ1) is 21.5.